The van der Waals surface area contributed by atoms with Gasteiger partial charge in [0.25, 0.3) is 0 Å². The lowest BCUT2D eigenvalue weighted by Gasteiger charge is -2.29. The lowest BCUT2D eigenvalue weighted by Crippen LogP contribution is -2.41. The van der Waals surface area contributed by atoms with Crippen molar-refractivity contribution in [2.45, 2.75) is 50.0 Å². The fraction of sp³-hybridized carbons (Fsp3) is 0.769. The first-order valence-corrected chi connectivity index (χ1v) is 8.16. The van der Waals surface area contributed by atoms with Gasteiger partial charge in [-0.15, -0.1) is 10.2 Å². The van der Waals surface area contributed by atoms with E-state index < -0.39 is 12.0 Å². The molecule has 1 heterocycles. The molecule has 0 aliphatic heterocycles. The Morgan fingerprint density at radius 3 is 2.64 bits per heavy atom. The molecular weight excluding hydrogens is 317 g/mol. The predicted molar refractivity (Wildman–Crippen MR) is 76.3 cm³/mol. The lowest BCUT2D eigenvalue weighted by atomic mass is 9.86. The molecular formula is C13H19F3N4OS. The molecule has 0 radical (unpaired) electrons. The van der Waals surface area contributed by atoms with Gasteiger partial charge in [-0.1, -0.05) is 31.5 Å². The highest BCUT2D eigenvalue weighted by atomic mass is 32.2. The molecule has 22 heavy (non-hydrogen) atoms. The molecule has 9 heteroatoms. The number of carbonyl (C=O) groups excluding carboxylic acids is 1. The van der Waals surface area contributed by atoms with Crippen LogP contribution in [0.5, 0.6) is 0 Å². The normalized spacial score (nSPS) is 22.6. The first-order valence-electron chi connectivity index (χ1n) is 7.17. The monoisotopic (exact) mass is 336 g/mol. The minimum absolute atomic E-state index is 0.0348. The van der Waals surface area contributed by atoms with Crippen molar-refractivity contribution in [2.24, 2.45) is 13.0 Å². The van der Waals surface area contributed by atoms with Crippen LogP contribution >= 0.6 is 11.8 Å². The average molecular weight is 336 g/mol. The van der Waals surface area contributed by atoms with Gasteiger partial charge in [0.15, 0.2) is 5.16 Å². The number of hydrogen-bond donors (Lipinski definition) is 1. The zero-order chi connectivity index (χ0) is 16.3. The molecule has 1 aromatic rings. The van der Waals surface area contributed by atoms with Crippen molar-refractivity contribution in [3.05, 3.63) is 5.82 Å². The Hall–Kier alpha value is -1.25. The van der Waals surface area contributed by atoms with Crippen molar-refractivity contribution < 1.29 is 18.0 Å². The van der Waals surface area contributed by atoms with E-state index >= 15 is 0 Å². The lowest BCUT2D eigenvalue weighted by molar-refractivity contribution is -0.147. The summed E-state index contributed by atoms with van der Waals surface area (Å²) < 4.78 is 38.7. The number of rotatable bonds is 4. The van der Waals surface area contributed by atoms with E-state index in [0.29, 0.717) is 5.92 Å². The van der Waals surface area contributed by atoms with Crippen LogP contribution in [0, 0.1) is 5.92 Å². The van der Waals surface area contributed by atoms with E-state index in [1.165, 1.54) is 13.5 Å². The maximum atomic E-state index is 12.6. The minimum atomic E-state index is -4.54. The maximum Gasteiger partial charge on any atom is 0.451 e. The van der Waals surface area contributed by atoms with Crippen LogP contribution in [0.1, 0.15) is 38.4 Å². The summed E-state index contributed by atoms with van der Waals surface area (Å²) in [5.41, 5.74) is 0. The quantitative estimate of drug-likeness (QED) is 0.859. The Kier molecular flexibility index (Phi) is 5.36. The maximum absolute atomic E-state index is 12.6. The summed E-state index contributed by atoms with van der Waals surface area (Å²) in [6.07, 6.45) is -0.210. The largest absolute Gasteiger partial charge is 0.451 e. The van der Waals surface area contributed by atoms with Gasteiger partial charge in [0.05, 0.1) is 5.75 Å². The topological polar surface area (TPSA) is 59.8 Å². The van der Waals surface area contributed by atoms with Gasteiger partial charge in [-0.25, -0.2) is 0 Å². The van der Waals surface area contributed by atoms with Crippen LogP contribution in [0.3, 0.4) is 0 Å². The summed E-state index contributed by atoms with van der Waals surface area (Å²) in [7, 11) is 1.24. The van der Waals surface area contributed by atoms with Crippen LogP contribution in [0.15, 0.2) is 5.16 Å². The first-order chi connectivity index (χ1) is 10.3. The molecule has 5 nitrogen and oxygen atoms in total. The Bertz CT molecular complexity index is 532. The molecule has 1 fully saturated rings. The van der Waals surface area contributed by atoms with Gasteiger partial charge in [0.2, 0.25) is 11.7 Å². The minimum Gasteiger partial charge on any atom is -0.352 e. The Labute approximate surface area is 131 Å². The van der Waals surface area contributed by atoms with Crippen LogP contribution in [0.2, 0.25) is 0 Å². The third-order valence-corrected chi connectivity index (χ3v) is 4.90. The van der Waals surface area contributed by atoms with E-state index in [0.717, 1.165) is 35.6 Å². The van der Waals surface area contributed by atoms with Crippen LogP contribution in [-0.2, 0) is 18.0 Å². The molecule has 1 amide bonds. The fourth-order valence-electron chi connectivity index (χ4n) is 2.60. The number of hydrogen-bond acceptors (Lipinski definition) is 4. The number of halogens is 3. The third-order valence-electron chi connectivity index (χ3n) is 3.88. The molecule has 0 bridgehead atoms. The van der Waals surface area contributed by atoms with Crippen molar-refractivity contribution in [1.29, 1.82) is 0 Å². The molecule has 124 valence electrons. The van der Waals surface area contributed by atoms with Crippen LogP contribution in [0.25, 0.3) is 0 Å². The second kappa shape index (κ2) is 6.89. The van der Waals surface area contributed by atoms with E-state index in [2.05, 4.69) is 22.4 Å². The Morgan fingerprint density at radius 2 is 2.05 bits per heavy atom. The highest BCUT2D eigenvalue weighted by Gasteiger charge is 2.37. The van der Waals surface area contributed by atoms with E-state index in [-0.39, 0.29) is 22.9 Å². The number of amides is 1. The number of nitrogens with zero attached hydrogens (tertiary/aromatic N) is 3. The summed E-state index contributed by atoms with van der Waals surface area (Å²) in [6, 6.07) is 0.159. The van der Waals surface area contributed by atoms with Crippen molar-refractivity contribution >= 4 is 17.7 Å². The second-order valence-corrected chi connectivity index (χ2v) is 6.53. The Balaban J connectivity index is 1.87. The molecule has 2 atom stereocenters. The van der Waals surface area contributed by atoms with Gasteiger partial charge in [-0.2, -0.15) is 13.2 Å². The molecule has 0 spiro atoms. The highest BCUT2D eigenvalue weighted by molar-refractivity contribution is 7.99. The van der Waals surface area contributed by atoms with E-state index in [4.69, 9.17) is 0 Å². The molecule has 2 rings (SSSR count). The van der Waals surface area contributed by atoms with Crippen molar-refractivity contribution in [3.63, 3.8) is 0 Å². The number of alkyl halides is 3. The summed E-state index contributed by atoms with van der Waals surface area (Å²) in [5.74, 6) is -0.765. The summed E-state index contributed by atoms with van der Waals surface area (Å²) in [4.78, 5) is 11.9. The van der Waals surface area contributed by atoms with Gasteiger partial charge in [-0.05, 0) is 18.8 Å². The Morgan fingerprint density at radius 1 is 1.36 bits per heavy atom. The van der Waals surface area contributed by atoms with E-state index in [1.807, 2.05) is 0 Å². The summed E-state index contributed by atoms with van der Waals surface area (Å²) in [5, 5.41) is 9.66. The predicted octanol–water partition coefficient (Wildman–Crippen LogP) is 2.62. The molecule has 1 saturated carbocycles. The molecule has 0 saturated heterocycles. The van der Waals surface area contributed by atoms with Gasteiger partial charge >= 0.3 is 6.18 Å². The van der Waals surface area contributed by atoms with E-state index in [1.54, 1.807) is 0 Å². The van der Waals surface area contributed by atoms with Crippen molar-refractivity contribution in [2.75, 3.05) is 5.75 Å². The highest BCUT2D eigenvalue weighted by Crippen LogP contribution is 2.29. The van der Waals surface area contributed by atoms with Gasteiger partial charge in [-0.3, -0.25) is 4.79 Å². The van der Waals surface area contributed by atoms with Crippen molar-refractivity contribution in [3.8, 4) is 0 Å². The van der Waals surface area contributed by atoms with Crippen molar-refractivity contribution in [1.82, 2.24) is 20.1 Å². The second-order valence-electron chi connectivity index (χ2n) is 5.59. The fourth-order valence-corrected chi connectivity index (χ4v) is 3.32. The molecule has 1 aromatic heterocycles. The van der Waals surface area contributed by atoms with Crippen LogP contribution < -0.4 is 5.32 Å². The zero-order valence-electron chi connectivity index (χ0n) is 12.5. The number of nitrogens with one attached hydrogen (secondary N) is 1. The van der Waals surface area contributed by atoms with Gasteiger partial charge in [0, 0.05) is 13.1 Å². The zero-order valence-corrected chi connectivity index (χ0v) is 13.3. The third kappa shape index (κ3) is 4.15. The molecule has 0 aromatic carbocycles. The SMILES string of the molecule is C[C@@H]1CCCC[C@H]1NC(=O)CSc1nnc(C(F)(F)F)n1C. The molecule has 1 N–H and O–H groups in total. The van der Waals surface area contributed by atoms with E-state index in [9.17, 15) is 18.0 Å². The average Bonchev–Trinajstić information content (AvgIpc) is 2.80. The summed E-state index contributed by atoms with van der Waals surface area (Å²) >= 11 is 0.959. The number of aromatic nitrogens is 3. The number of thioether (sulfide) groups is 1. The standard InChI is InChI=1S/C13H19F3N4OS/c1-8-5-3-4-6-9(8)17-10(21)7-22-12-19-18-11(20(12)2)13(14,15)16/h8-9H,3-7H2,1-2H3,(H,17,21)/t8-,9-/m1/s1. The molecule has 1 aliphatic carbocycles. The van der Waals surface area contributed by atoms with Gasteiger partial charge in [0.1, 0.15) is 0 Å². The summed E-state index contributed by atoms with van der Waals surface area (Å²) in [6.45, 7) is 2.11. The smallest absolute Gasteiger partial charge is 0.352 e. The molecule has 0 unspecified atom stereocenters. The number of carbonyl (C=O) groups is 1. The van der Waals surface area contributed by atoms with Crippen LogP contribution in [-0.4, -0.2) is 32.5 Å². The molecule has 1 aliphatic rings. The van der Waals surface area contributed by atoms with Crippen LogP contribution in [0.4, 0.5) is 13.2 Å². The first kappa shape index (κ1) is 17.1. The van der Waals surface area contributed by atoms with Gasteiger partial charge < -0.3 is 9.88 Å².